The maximum Gasteiger partial charge on any atom is 0.263 e. The van der Waals surface area contributed by atoms with Gasteiger partial charge in [-0.25, -0.2) is 4.98 Å². The Morgan fingerprint density at radius 3 is 2.38 bits per heavy atom. The number of rotatable bonds is 7. The van der Waals surface area contributed by atoms with E-state index in [2.05, 4.69) is 10.3 Å². The molecule has 29 heavy (non-hydrogen) atoms. The van der Waals surface area contributed by atoms with E-state index in [1.807, 2.05) is 68.4 Å². The third kappa shape index (κ3) is 4.68. The molecule has 0 unspecified atom stereocenters. The highest BCUT2D eigenvalue weighted by Crippen LogP contribution is 2.35. The maximum absolute atomic E-state index is 12.7. The third-order valence-corrected chi connectivity index (χ3v) is 5.74. The van der Waals surface area contributed by atoms with E-state index in [1.165, 1.54) is 11.3 Å². The number of carbonyl (C=O) groups excluding carboxylic acids is 1. The topological polar surface area (TPSA) is 63.7 Å². The van der Waals surface area contributed by atoms with Crippen molar-refractivity contribution in [1.29, 1.82) is 0 Å². The SMILES string of the molecule is COc1ccc(-c2nc(C)c(C(=O)NCc3ccc(N(C)C)cc3)s2)cc1OC. The summed E-state index contributed by atoms with van der Waals surface area (Å²) in [6.45, 7) is 2.32. The molecule has 0 atom stereocenters. The van der Waals surface area contributed by atoms with Crippen molar-refractivity contribution in [2.45, 2.75) is 13.5 Å². The molecule has 0 spiro atoms. The minimum absolute atomic E-state index is 0.122. The van der Waals surface area contributed by atoms with Crippen molar-refractivity contribution in [1.82, 2.24) is 10.3 Å². The van der Waals surface area contributed by atoms with E-state index in [-0.39, 0.29) is 5.91 Å². The average Bonchev–Trinajstić information content (AvgIpc) is 3.13. The van der Waals surface area contributed by atoms with Crippen LogP contribution in [0.25, 0.3) is 10.6 Å². The van der Waals surface area contributed by atoms with Crippen molar-refractivity contribution in [2.24, 2.45) is 0 Å². The second-order valence-electron chi connectivity index (χ2n) is 6.75. The van der Waals surface area contributed by atoms with Gasteiger partial charge in [-0.1, -0.05) is 12.1 Å². The minimum atomic E-state index is -0.122. The van der Waals surface area contributed by atoms with Gasteiger partial charge in [0.25, 0.3) is 5.91 Å². The molecule has 0 aliphatic heterocycles. The number of aryl methyl sites for hydroxylation is 1. The predicted octanol–water partition coefficient (Wildman–Crippen LogP) is 4.13. The zero-order valence-corrected chi connectivity index (χ0v) is 18.1. The van der Waals surface area contributed by atoms with Crippen LogP contribution in [0.1, 0.15) is 20.9 Å². The molecular formula is C22H25N3O3S. The molecule has 0 saturated carbocycles. The van der Waals surface area contributed by atoms with Crippen LogP contribution < -0.4 is 19.7 Å². The number of ether oxygens (including phenoxy) is 2. The van der Waals surface area contributed by atoms with Crippen molar-refractivity contribution in [2.75, 3.05) is 33.2 Å². The number of anilines is 1. The predicted molar refractivity (Wildman–Crippen MR) is 117 cm³/mol. The number of nitrogens with one attached hydrogen (secondary N) is 1. The molecule has 3 rings (SSSR count). The summed E-state index contributed by atoms with van der Waals surface area (Å²) in [5, 5.41) is 3.75. The van der Waals surface area contributed by atoms with Crippen LogP contribution in [0.2, 0.25) is 0 Å². The number of thiazole rings is 1. The number of aromatic nitrogens is 1. The highest BCUT2D eigenvalue weighted by atomic mass is 32.1. The Labute approximate surface area is 175 Å². The van der Waals surface area contributed by atoms with Gasteiger partial charge in [-0.2, -0.15) is 0 Å². The number of amides is 1. The van der Waals surface area contributed by atoms with Gasteiger partial charge in [0, 0.05) is 31.9 Å². The van der Waals surface area contributed by atoms with Crippen LogP contribution >= 0.6 is 11.3 Å². The van der Waals surface area contributed by atoms with Gasteiger partial charge >= 0.3 is 0 Å². The van der Waals surface area contributed by atoms with E-state index in [0.717, 1.165) is 21.8 Å². The Bertz CT molecular complexity index is 997. The third-order valence-electron chi connectivity index (χ3n) is 4.54. The van der Waals surface area contributed by atoms with Gasteiger partial charge in [0.05, 0.1) is 19.9 Å². The molecule has 0 saturated heterocycles. The summed E-state index contributed by atoms with van der Waals surface area (Å²) in [7, 11) is 7.19. The van der Waals surface area contributed by atoms with E-state index < -0.39 is 0 Å². The van der Waals surface area contributed by atoms with Crippen LogP contribution in [-0.4, -0.2) is 39.2 Å². The Kier molecular flexibility index (Phi) is 6.39. The first kappa shape index (κ1) is 20.7. The Balaban J connectivity index is 1.73. The molecule has 1 heterocycles. The standard InChI is InChI=1S/C22H25N3O3S/c1-14-20(21(26)23-13-15-6-9-17(10-7-15)25(2)3)29-22(24-14)16-8-11-18(27-4)19(12-16)28-5/h6-12H,13H2,1-5H3,(H,23,26). The summed E-state index contributed by atoms with van der Waals surface area (Å²) in [6.07, 6.45) is 0. The van der Waals surface area contributed by atoms with E-state index in [1.54, 1.807) is 14.2 Å². The summed E-state index contributed by atoms with van der Waals surface area (Å²) in [5.41, 5.74) is 3.76. The Morgan fingerprint density at radius 2 is 1.76 bits per heavy atom. The first-order valence-electron chi connectivity index (χ1n) is 9.17. The highest BCUT2D eigenvalue weighted by Gasteiger charge is 2.17. The van der Waals surface area contributed by atoms with Gasteiger partial charge in [-0.05, 0) is 42.8 Å². The fraction of sp³-hybridized carbons (Fsp3) is 0.273. The first-order valence-corrected chi connectivity index (χ1v) is 9.99. The maximum atomic E-state index is 12.7. The Hall–Kier alpha value is -3.06. The molecule has 3 aromatic rings. The van der Waals surface area contributed by atoms with Crippen LogP contribution in [0.4, 0.5) is 5.69 Å². The van der Waals surface area contributed by atoms with E-state index >= 15 is 0 Å². The molecule has 152 valence electrons. The summed E-state index contributed by atoms with van der Waals surface area (Å²) >= 11 is 1.37. The van der Waals surface area contributed by atoms with E-state index in [0.29, 0.717) is 28.6 Å². The van der Waals surface area contributed by atoms with Crippen molar-refractivity contribution < 1.29 is 14.3 Å². The molecule has 0 aliphatic rings. The van der Waals surface area contributed by atoms with Gasteiger partial charge in [-0.15, -0.1) is 11.3 Å². The van der Waals surface area contributed by atoms with Crippen LogP contribution in [0.15, 0.2) is 42.5 Å². The van der Waals surface area contributed by atoms with E-state index in [4.69, 9.17) is 9.47 Å². The number of hydrogen-bond acceptors (Lipinski definition) is 6. The van der Waals surface area contributed by atoms with Crippen LogP contribution in [0.5, 0.6) is 11.5 Å². The summed E-state index contributed by atoms with van der Waals surface area (Å²) in [6, 6.07) is 13.7. The van der Waals surface area contributed by atoms with Gasteiger partial charge in [-0.3, -0.25) is 4.79 Å². The molecule has 7 heteroatoms. The Morgan fingerprint density at radius 1 is 1.07 bits per heavy atom. The lowest BCUT2D eigenvalue weighted by molar-refractivity contribution is 0.0954. The molecule has 1 N–H and O–H groups in total. The second kappa shape index (κ2) is 8.96. The number of methoxy groups -OCH3 is 2. The molecule has 1 aromatic heterocycles. The summed E-state index contributed by atoms with van der Waals surface area (Å²) in [5.74, 6) is 1.16. The smallest absolute Gasteiger partial charge is 0.263 e. The van der Waals surface area contributed by atoms with Crippen LogP contribution in [-0.2, 0) is 6.54 Å². The van der Waals surface area contributed by atoms with Gasteiger partial charge in [0.1, 0.15) is 9.88 Å². The summed E-state index contributed by atoms with van der Waals surface area (Å²) < 4.78 is 10.6. The van der Waals surface area contributed by atoms with Crippen molar-refractivity contribution >= 4 is 22.9 Å². The number of benzene rings is 2. The molecule has 0 aliphatic carbocycles. The number of carbonyl (C=O) groups is 1. The molecule has 0 fully saturated rings. The monoisotopic (exact) mass is 411 g/mol. The van der Waals surface area contributed by atoms with Crippen LogP contribution in [0, 0.1) is 6.92 Å². The first-order chi connectivity index (χ1) is 13.9. The fourth-order valence-electron chi connectivity index (χ4n) is 2.87. The quantitative estimate of drug-likeness (QED) is 0.633. The van der Waals surface area contributed by atoms with Crippen molar-refractivity contribution in [3.8, 4) is 22.1 Å². The van der Waals surface area contributed by atoms with Gasteiger partial charge in [0.15, 0.2) is 11.5 Å². The fourth-order valence-corrected chi connectivity index (χ4v) is 3.85. The van der Waals surface area contributed by atoms with Crippen molar-refractivity contribution in [3.63, 3.8) is 0 Å². The minimum Gasteiger partial charge on any atom is -0.493 e. The molecule has 1 amide bonds. The lowest BCUT2D eigenvalue weighted by Crippen LogP contribution is -2.22. The number of nitrogens with zero attached hydrogens (tertiary/aromatic N) is 2. The van der Waals surface area contributed by atoms with Gasteiger partial charge in [0.2, 0.25) is 0 Å². The molecule has 0 radical (unpaired) electrons. The zero-order valence-electron chi connectivity index (χ0n) is 17.3. The lowest BCUT2D eigenvalue weighted by atomic mass is 10.2. The van der Waals surface area contributed by atoms with E-state index in [9.17, 15) is 4.79 Å². The molecule has 2 aromatic carbocycles. The molecular weight excluding hydrogens is 386 g/mol. The molecule has 6 nitrogen and oxygen atoms in total. The highest BCUT2D eigenvalue weighted by molar-refractivity contribution is 7.17. The summed E-state index contributed by atoms with van der Waals surface area (Å²) in [4.78, 5) is 19.9. The number of hydrogen-bond donors (Lipinski definition) is 1. The van der Waals surface area contributed by atoms with Crippen LogP contribution in [0.3, 0.4) is 0 Å². The van der Waals surface area contributed by atoms with Crippen molar-refractivity contribution in [3.05, 3.63) is 58.6 Å². The second-order valence-corrected chi connectivity index (χ2v) is 7.75. The van der Waals surface area contributed by atoms with Gasteiger partial charge < -0.3 is 19.7 Å². The zero-order chi connectivity index (χ0) is 21.0. The molecule has 0 bridgehead atoms. The average molecular weight is 412 g/mol. The lowest BCUT2D eigenvalue weighted by Gasteiger charge is -2.12. The largest absolute Gasteiger partial charge is 0.493 e. The normalized spacial score (nSPS) is 10.5.